The molecular formula is C9H18N4. The van der Waals surface area contributed by atoms with Crippen LogP contribution in [0.25, 0.3) is 10.4 Å². The smallest absolute Gasteiger partial charge is 0.0270 e. The van der Waals surface area contributed by atoms with E-state index < -0.39 is 0 Å². The minimum Gasteiger partial charge on any atom is -0.300 e. The molecule has 0 saturated carbocycles. The van der Waals surface area contributed by atoms with E-state index in [1.165, 1.54) is 13.0 Å². The summed E-state index contributed by atoms with van der Waals surface area (Å²) in [6.07, 6.45) is 2.29. The van der Waals surface area contributed by atoms with Gasteiger partial charge in [0, 0.05) is 24.0 Å². The van der Waals surface area contributed by atoms with Gasteiger partial charge in [-0.25, -0.2) is 0 Å². The molecule has 0 radical (unpaired) electrons. The molecule has 0 amide bonds. The van der Waals surface area contributed by atoms with Gasteiger partial charge in [0.2, 0.25) is 0 Å². The lowest BCUT2D eigenvalue weighted by atomic mass is 10.1. The molecule has 1 rings (SSSR count). The Bertz CT molecular complexity index is 198. The molecule has 0 aromatic carbocycles. The monoisotopic (exact) mass is 182 g/mol. The van der Waals surface area contributed by atoms with E-state index in [4.69, 9.17) is 5.53 Å². The average Bonchev–Trinajstić information content (AvgIpc) is 2.39. The van der Waals surface area contributed by atoms with Crippen LogP contribution in [-0.4, -0.2) is 30.6 Å². The summed E-state index contributed by atoms with van der Waals surface area (Å²) in [5.74, 6) is 0.828. The number of azide groups is 1. The SMILES string of the molecule is CC1CC(C)N(CCCN=[N+]=[N-])C1. The van der Waals surface area contributed by atoms with E-state index in [2.05, 4.69) is 28.8 Å². The van der Waals surface area contributed by atoms with Crippen LogP contribution in [0.3, 0.4) is 0 Å². The summed E-state index contributed by atoms with van der Waals surface area (Å²) in [5, 5.41) is 3.53. The van der Waals surface area contributed by atoms with Crippen LogP contribution in [0.2, 0.25) is 0 Å². The van der Waals surface area contributed by atoms with Gasteiger partial charge in [-0.2, -0.15) is 0 Å². The van der Waals surface area contributed by atoms with E-state index in [1.807, 2.05) is 0 Å². The molecule has 0 spiro atoms. The Morgan fingerprint density at radius 3 is 2.85 bits per heavy atom. The van der Waals surface area contributed by atoms with Crippen LogP contribution in [0.15, 0.2) is 5.11 Å². The zero-order chi connectivity index (χ0) is 9.68. The van der Waals surface area contributed by atoms with Crippen molar-refractivity contribution in [2.24, 2.45) is 11.0 Å². The van der Waals surface area contributed by atoms with Gasteiger partial charge in [-0.15, -0.1) is 0 Å². The second-order valence-corrected chi connectivity index (χ2v) is 3.99. The van der Waals surface area contributed by atoms with Crippen LogP contribution in [0, 0.1) is 5.92 Å². The lowest BCUT2D eigenvalue weighted by Gasteiger charge is -2.20. The van der Waals surface area contributed by atoms with E-state index in [-0.39, 0.29) is 0 Å². The van der Waals surface area contributed by atoms with Crippen molar-refractivity contribution in [3.05, 3.63) is 10.4 Å². The second kappa shape index (κ2) is 5.10. The van der Waals surface area contributed by atoms with Gasteiger partial charge < -0.3 is 4.90 Å². The standard InChI is InChI=1S/C9H18N4/c1-8-6-9(2)13(7-8)5-3-4-11-12-10/h8-9H,3-7H2,1-2H3. The van der Waals surface area contributed by atoms with E-state index in [9.17, 15) is 0 Å². The summed E-state index contributed by atoms with van der Waals surface area (Å²) in [5.41, 5.74) is 8.10. The molecule has 0 N–H and O–H groups in total. The maximum atomic E-state index is 8.10. The van der Waals surface area contributed by atoms with Gasteiger partial charge in [-0.1, -0.05) is 12.0 Å². The predicted octanol–water partition coefficient (Wildman–Crippen LogP) is 2.42. The minimum atomic E-state index is 0.633. The Kier molecular flexibility index (Phi) is 4.06. The molecule has 1 aliphatic heterocycles. The fraction of sp³-hybridized carbons (Fsp3) is 1.00. The Labute approximate surface area is 79.5 Å². The molecule has 74 valence electrons. The van der Waals surface area contributed by atoms with Gasteiger partial charge in [-0.05, 0) is 37.8 Å². The lowest BCUT2D eigenvalue weighted by molar-refractivity contribution is 0.263. The zero-order valence-electron chi connectivity index (χ0n) is 8.48. The van der Waals surface area contributed by atoms with Crippen molar-refractivity contribution >= 4 is 0 Å². The zero-order valence-corrected chi connectivity index (χ0v) is 8.48. The van der Waals surface area contributed by atoms with Crippen molar-refractivity contribution < 1.29 is 0 Å². The summed E-state index contributed by atoms with van der Waals surface area (Å²) in [6, 6.07) is 0.709. The van der Waals surface area contributed by atoms with Crippen molar-refractivity contribution in [2.45, 2.75) is 32.7 Å². The summed E-state index contributed by atoms with van der Waals surface area (Å²) in [7, 11) is 0. The predicted molar refractivity (Wildman–Crippen MR) is 53.4 cm³/mol. The first-order valence-corrected chi connectivity index (χ1v) is 4.99. The molecular weight excluding hydrogens is 164 g/mol. The van der Waals surface area contributed by atoms with Crippen LogP contribution in [0.5, 0.6) is 0 Å². The van der Waals surface area contributed by atoms with E-state index in [0.29, 0.717) is 12.6 Å². The van der Waals surface area contributed by atoms with E-state index in [0.717, 1.165) is 18.9 Å². The van der Waals surface area contributed by atoms with Crippen LogP contribution in [0.1, 0.15) is 26.7 Å². The number of hydrogen-bond acceptors (Lipinski definition) is 2. The fourth-order valence-corrected chi connectivity index (χ4v) is 2.09. The normalized spacial score (nSPS) is 28.8. The molecule has 0 aromatic rings. The summed E-state index contributed by atoms with van der Waals surface area (Å²) >= 11 is 0. The van der Waals surface area contributed by atoms with Crippen molar-refractivity contribution in [3.8, 4) is 0 Å². The highest BCUT2D eigenvalue weighted by Crippen LogP contribution is 2.21. The largest absolute Gasteiger partial charge is 0.300 e. The van der Waals surface area contributed by atoms with Crippen molar-refractivity contribution in [1.29, 1.82) is 0 Å². The Balaban J connectivity index is 2.17. The minimum absolute atomic E-state index is 0.633. The average molecular weight is 182 g/mol. The van der Waals surface area contributed by atoms with Crippen LogP contribution in [0.4, 0.5) is 0 Å². The molecule has 2 unspecified atom stereocenters. The summed E-state index contributed by atoms with van der Waals surface area (Å²) in [6.45, 7) is 7.48. The third-order valence-electron chi connectivity index (χ3n) is 2.68. The molecule has 13 heavy (non-hydrogen) atoms. The quantitative estimate of drug-likeness (QED) is 0.285. The molecule has 1 fully saturated rings. The fourth-order valence-electron chi connectivity index (χ4n) is 2.09. The second-order valence-electron chi connectivity index (χ2n) is 3.99. The van der Waals surface area contributed by atoms with E-state index in [1.54, 1.807) is 0 Å². The van der Waals surface area contributed by atoms with Crippen molar-refractivity contribution in [3.63, 3.8) is 0 Å². The molecule has 0 aliphatic carbocycles. The number of hydrogen-bond donors (Lipinski definition) is 0. The molecule has 4 nitrogen and oxygen atoms in total. The highest BCUT2D eigenvalue weighted by Gasteiger charge is 2.24. The van der Waals surface area contributed by atoms with Crippen LogP contribution < -0.4 is 0 Å². The van der Waals surface area contributed by atoms with Gasteiger partial charge in [-0.3, -0.25) is 0 Å². The molecule has 1 heterocycles. The molecule has 1 aliphatic rings. The van der Waals surface area contributed by atoms with Gasteiger partial charge in [0.15, 0.2) is 0 Å². The van der Waals surface area contributed by atoms with Crippen molar-refractivity contribution in [2.75, 3.05) is 19.6 Å². The Hall–Kier alpha value is -0.730. The first-order chi connectivity index (χ1) is 6.24. The highest BCUT2D eigenvalue weighted by molar-refractivity contribution is 4.79. The summed E-state index contributed by atoms with van der Waals surface area (Å²) in [4.78, 5) is 5.22. The number of rotatable bonds is 4. The number of nitrogens with zero attached hydrogens (tertiary/aromatic N) is 4. The highest BCUT2D eigenvalue weighted by atomic mass is 15.2. The first kappa shape index (κ1) is 10.4. The van der Waals surface area contributed by atoms with Crippen LogP contribution >= 0.6 is 0 Å². The molecule has 1 saturated heterocycles. The first-order valence-electron chi connectivity index (χ1n) is 4.99. The molecule has 0 aromatic heterocycles. The topological polar surface area (TPSA) is 52.0 Å². The van der Waals surface area contributed by atoms with E-state index >= 15 is 0 Å². The van der Waals surface area contributed by atoms with Gasteiger partial charge in [0.1, 0.15) is 0 Å². The van der Waals surface area contributed by atoms with Gasteiger partial charge in [0.25, 0.3) is 0 Å². The van der Waals surface area contributed by atoms with Crippen LogP contribution in [-0.2, 0) is 0 Å². The molecule has 0 bridgehead atoms. The molecule has 2 atom stereocenters. The third-order valence-corrected chi connectivity index (χ3v) is 2.68. The lowest BCUT2D eigenvalue weighted by Crippen LogP contribution is -2.28. The summed E-state index contributed by atoms with van der Waals surface area (Å²) < 4.78 is 0. The maximum absolute atomic E-state index is 8.10. The Morgan fingerprint density at radius 1 is 1.54 bits per heavy atom. The molecule has 4 heteroatoms. The van der Waals surface area contributed by atoms with Crippen molar-refractivity contribution in [1.82, 2.24) is 4.90 Å². The maximum Gasteiger partial charge on any atom is 0.0270 e. The van der Waals surface area contributed by atoms with Gasteiger partial charge in [0.05, 0.1) is 0 Å². The van der Waals surface area contributed by atoms with Gasteiger partial charge >= 0.3 is 0 Å². The Morgan fingerprint density at radius 2 is 2.31 bits per heavy atom. The number of likely N-dealkylation sites (tertiary alicyclic amines) is 1. The third kappa shape index (κ3) is 3.25.